The molecule has 0 saturated carbocycles. The zero-order chi connectivity index (χ0) is 18.5. The van der Waals surface area contributed by atoms with Gasteiger partial charge in [0.2, 0.25) is 0 Å². The molecule has 132 valence electrons. The highest BCUT2D eigenvalue weighted by molar-refractivity contribution is 6.22. The molecule has 0 aliphatic carbocycles. The summed E-state index contributed by atoms with van der Waals surface area (Å²) in [6.45, 7) is 0. The van der Waals surface area contributed by atoms with Crippen LogP contribution in [0.4, 0.5) is 0 Å². The lowest BCUT2D eigenvalue weighted by Gasteiger charge is -2.10. The van der Waals surface area contributed by atoms with Crippen molar-refractivity contribution in [3.8, 4) is 16.8 Å². The first-order chi connectivity index (χ1) is 13.9. The number of hydrogen-bond donors (Lipinski definition) is 1. The Morgan fingerprint density at radius 3 is 2.18 bits per heavy atom. The summed E-state index contributed by atoms with van der Waals surface area (Å²) in [5, 5.41) is 3.81. The normalized spacial score (nSPS) is 11.6. The van der Waals surface area contributed by atoms with E-state index in [2.05, 4.69) is 113 Å². The molecule has 0 radical (unpaired) electrons. The van der Waals surface area contributed by atoms with Gasteiger partial charge < -0.3 is 9.55 Å². The molecule has 2 aromatic heterocycles. The van der Waals surface area contributed by atoms with E-state index in [-0.39, 0.29) is 0 Å². The first-order valence-corrected chi connectivity index (χ1v) is 9.55. The molecule has 0 aliphatic heterocycles. The van der Waals surface area contributed by atoms with E-state index in [9.17, 15) is 0 Å². The van der Waals surface area contributed by atoms with Crippen LogP contribution in [0, 0.1) is 0 Å². The largest absolute Gasteiger partial charge is 0.354 e. The van der Waals surface area contributed by atoms with Crippen molar-refractivity contribution in [3.63, 3.8) is 0 Å². The number of hydrogen-bond acceptors (Lipinski definition) is 0. The maximum absolute atomic E-state index is 3.68. The standard InChI is InChI=1S/C26H18N2/c1-3-9-18(10-4-1)22-17-24-21(15-16-28(24)19-11-5-2-6-12-19)26-25(22)20-13-7-8-14-23(20)27-26/h1-17,27H. The van der Waals surface area contributed by atoms with E-state index in [1.165, 1.54) is 49.5 Å². The van der Waals surface area contributed by atoms with Crippen molar-refractivity contribution in [3.05, 3.63) is 103 Å². The van der Waals surface area contributed by atoms with Crippen LogP contribution in [-0.4, -0.2) is 9.55 Å². The minimum Gasteiger partial charge on any atom is -0.354 e. The van der Waals surface area contributed by atoms with Crippen molar-refractivity contribution in [2.24, 2.45) is 0 Å². The van der Waals surface area contributed by atoms with E-state index in [1.54, 1.807) is 0 Å². The van der Waals surface area contributed by atoms with Crippen LogP contribution in [-0.2, 0) is 0 Å². The third kappa shape index (κ3) is 2.15. The Kier molecular flexibility index (Phi) is 3.20. The lowest BCUT2D eigenvalue weighted by Crippen LogP contribution is -1.92. The molecule has 0 saturated heterocycles. The van der Waals surface area contributed by atoms with Crippen LogP contribution in [0.5, 0.6) is 0 Å². The Balaban J connectivity index is 1.80. The number of fused-ring (bicyclic) bond motifs is 5. The van der Waals surface area contributed by atoms with Gasteiger partial charge in [-0.05, 0) is 41.5 Å². The van der Waals surface area contributed by atoms with E-state index in [4.69, 9.17) is 0 Å². The molecular weight excluding hydrogens is 340 g/mol. The Bertz CT molecular complexity index is 1440. The highest BCUT2D eigenvalue weighted by Gasteiger charge is 2.16. The molecule has 0 fully saturated rings. The van der Waals surface area contributed by atoms with Gasteiger partial charge in [0.15, 0.2) is 0 Å². The van der Waals surface area contributed by atoms with Crippen LogP contribution >= 0.6 is 0 Å². The van der Waals surface area contributed by atoms with Crippen molar-refractivity contribution >= 4 is 32.7 Å². The van der Waals surface area contributed by atoms with Gasteiger partial charge in [0.25, 0.3) is 0 Å². The van der Waals surface area contributed by atoms with Crippen molar-refractivity contribution in [1.29, 1.82) is 0 Å². The second-order valence-corrected chi connectivity index (χ2v) is 7.16. The molecule has 28 heavy (non-hydrogen) atoms. The quantitative estimate of drug-likeness (QED) is 0.346. The number of rotatable bonds is 2. The molecule has 2 heterocycles. The molecule has 0 bridgehead atoms. The lowest BCUT2D eigenvalue weighted by atomic mass is 9.97. The highest BCUT2D eigenvalue weighted by atomic mass is 15.0. The van der Waals surface area contributed by atoms with Gasteiger partial charge in [-0.15, -0.1) is 0 Å². The predicted molar refractivity (Wildman–Crippen MR) is 118 cm³/mol. The van der Waals surface area contributed by atoms with Gasteiger partial charge >= 0.3 is 0 Å². The van der Waals surface area contributed by atoms with Crippen LogP contribution in [0.2, 0.25) is 0 Å². The van der Waals surface area contributed by atoms with Crippen LogP contribution in [0.25, 0.3) is 49.5 Å². The zero-order valence-corrected chi connectivity index (χ0v) is 15.3. The zero-order valence-electron chi connectivity index (χ0n) is 15.3. The fourth-order valence-electron chi connectivity index (χ4n) is 4.29. The summed E-state index contributed by atoms with van der Waals surface area (Å²) in [6, 6.07) is 34.3. The average Bonchev–Trinajstić information content (AvgIpc) is 3.36. The smallest absolute Gasteiger partial charge is 0.0566 e. The second-order valence-electron chi connectivity index (χ2n) is 7.16. The number of nitrogens with one attached hydrogen (secondary N) is 1. The molecule has 2 nitrogen and oxygen atoms in total. The highest BCUT2D eigenvalue weighted by Crippen LogP contribution is 2.40. The fraction of sp³-hybridized carbons (Fsp3) is 0. The fourth-order valence-corrected chi connectivity index (χ4v) is 4.29. The number of aromatic nitrogens is 2. The van der Waals surface area contributed by atoms with Gasteiger partial charge in [-0.2, -0.15) is 0 Å². The Labute approximate surface area is 162 Å². The van der Waals surface area contributed by atoms with Gasteiger partial charge in [0, 0.05) is 33.6 Å². The molecule has 6 aromatic rings. The Hall–Kier alpha value is -3.78. The second kappa shape index (κ2) is 5.86. The molecule has 6 rings (SSSR count). The third-order valence-electron chi connectivity index (χ3n) is 5.57. The van der Waals surface area contributed by atoms with E-state index >= 15 is 0 Å². The van der Waals surface area contributed by atoms with Crippen LogP contribution in [0.15, 0.2) is 103 Å². The predicted octanol–water partition coefficient (Wildman–Crippen LogP) is 6.93. The SMILES string of the molecule is c1ccc(-c2cc3c(ccn3-c3ccccc3)c3[nH]c4ccccc4c23)cc1. The van der Waals surface area contributed by atoms with Crippen molar-refractivity contribution < 1.29 is 0 Å². The molecule has 0 amide bonds. The number of para-hydroxylation sites is 2. The van der Waals surface area contributed by atoms with E-state index in [1.807, 2.05) is 0 Å². The monoisotopic (exact) mass is 358 g/mol. The molecule has 0 spiro atoms. The maximum Gasteiger partial charge on any atom is 0.0566 e. The number of benzene rings is 4. The summed E-state index contributed by atoms with van der Waals surface area (Å²) in [5.74, 6) is 0. The van der Waals surface area contributed by atoms with Crippen molar-refractivity contribution in [1.82, 2.24) is 9.55 Å². The van der Waals surface area contributed by atoms with E-state index < -0.39 is 0 Å². The van der Waals surface area contributed by atoms with Crippen LogP contribution < -0.4 is 0 Å². The van der Waals surface area contributed by atoms with Crippen molar-refractivity contribution in [2.45, 2.75) is 0 Å². The van der Waals surface area contributed by atoms with Gasteiger partial charge in [-0.3, -0.25) is 0 Å². The summed E-state index contributed by atoms with van der Waals surface area (Å²) in [4.78, 5) is 3.68. The topological polar surface area (TPSA) is 20.7 Å². The lowest BCUT2D eigenvalue weighted by molar-refractivity contribution is 1.13. The molecule has 0 unspecified atom stereocenters. The molecule has 2 heteroatoms. The molecule has 1 N–H and O–H groups in total. The number of nitrogens with zero attached hydrogens (tertiary/aromatic N) is 1. The van der Waals surface area contributed by atoms with Gasteiger partial charge in [-0.25, -0.2) is 0 Å². The molecule has 0 aliphatic rings. The van der Waals surface area contributed by atoms with Crippen LogP contribution in [0.1, 0.15) is 0 Å². The maximum atomic E-state index is 3.68. The Morgan fingerprint density at radius 2 is 1.36 bits per heavy atom. The van der Waals surface area contributed by atoms with E-state index in [0.717, 1.165) is 0 Å². The molecule has 0 atom stereocenters. The summed E-state index contributed by atoms with van der Waals surface area (Å²) in [6.07, 6.45) is 2.17. The number of aromatic amines is 1. The van der Waals surface area contributed by atoms with Crippen LogP contribution in [0.3, 0.4) is 0 Å². The molecular formula is C26H18N2. The summed E-state index contributed by atoms with van der Waals surface area (Å²) in [7, 11) is 0. The third-order valence-corrected chi connectivity index (χ3v) is 5.57. The van der Waals surface area contributed by atoms with Gasteiger partial charge in [0.1, 0.15) is 0 Å². The average molecular weight is 358 g/mol. The summed E-state index contributed by atoms with van der Waals surface area (Å²) < 4.78 is 2.27. The summed E-state index contributed by atoms with van der Waals surface area (Å²) >= 11 is 0. The van der Waals surface area contributed by atoms with Gasteiger partial charge in [-0.1, -0.05) is 66.7 Å². The number of H-pyrrole nitrogens is 1. The summed E-state index contributed by atoms with van der Waals surface area (Å²) in [5.41, 5.74) is 7.26. The van der Waals surface area contributed by atoms with Gasteiger partial charge in [0.05, 0.1) is 11.0 Å². The van der Waals surface area contributed by atoms with Crippen molar-refractivity contribution in [2.75, 3.05) is 0 Å². The Morgan fingerprint density at radius 1 is 0.643 bits per heavy atom. The first kappa shape index (κ1) is 15.3. The minimum atomic E-state index is 1.17. The molecule has 4 aromatic carbocycles. The first-order valence-electron chi connectivity index (χ1n) is 9.55. The van der Waals surface area contributed by atoms with E-state index in [0.29, 0.717) is 0 Å². The minimum absolute atomic E-state index is 1.17.